The van der Waals surface area contributed by atoms with E-state index < -0.39 is 0 Å². The number of rotatable bonds is 7. The molecule has 5 heteroatoms. The number of hydrogen-bond donors (Lipinski definition) is 2. The first-order valence-electron chi connectivity index (χ1n) is 8.73. The van der Waals surface area contributed by atoms with Crippen molar-refractivity contribution < 1.29 is 9.53 Å². The van der Waals surface area contributed by atoms with Crippen LogP contribution >= 0.6 is 12.4 Å². The number of amides is 1. The van der Waals surface area contributed by atoms with Gasteiger partial charge in [-0.1, -0.05) is 32.4 Å². The number of hydrogen-bond acceptors (Lipinski definition) is 3. The van der Waals surface area contributed by atoms with Crippen LogP contribution < -0.4 is 15.8 Å². The smallest absolute Gasteiger partial charge is 0.220 e. The number of ether oxygens (including phenoxy) is 1. The summed E-state index contributed by atoms with van der Waals surface area (Å²) in [6, 6.07) is 8.15. The van der Waals surface area contributed by atoms with Gasteiger partial charge in [-0.2, -0.15) is 0 Å². The van der Waals surface area contributed by atoms with Gasteiger partial charge < -0.3 is 15.8 Å². The van der Waals surface area contributed by atoms with E-state index in [2.05, 4.69) is 19.2 Å². The minimum Gasteiger partial charge on any atom is -0.493 e. The molecular formula is C19H31ClN2O2. The lowest BCUT2D eigenvalue weighted by Crippen LogP contribution is -2.32. The summed E-state index contributed by atoms with van der Waals surface area (Å²) in [6.45, 7) is 6.98. The Morgan fingerprint density at radius 2 is 1.92 bits per heavy atom. The Balaban J connectivity index is 0.00000288. The number of halogens is 1. The normalized spacial score (nSPS) is 21.2. The predicted octanol–water partition coefficient (Wildman–Crippen LogP) is 3.84. The van der Waals surface area contributed by atoms with Crippen molar-refractivity contribution in [3.8, 4) is 5.75 Å². The van der Waals surface area contributed by atoms with Crippen molar-refractivity contribution in [1.82, 2.24) is 5.32 Å². The summed E-state index contributed by atoms with van der Waals surface area (Å²) in [7, 11) is 0. The van der Waals surface area contributed by atoms with Crippen molar-refractivity contribution in [2.75, 3.05) is 6.61 Å². The summed E-state index contributed by atoms with van der Waals surface area (Å²) < 4.78 is 5.68. The number of benzene rings is 1. The van der Waals surface area contributed by atoms with Crippen LogP contribution in [0.2, 0.25) is 0 Å². The van der Waals surface area contributed by atoms with Crippen LogP contribution in [0.5, 0.6) is 5.75 Å². The average molecular weight is 355 g/mol. The highest BCUT2D eigenvalue weighted by Crippen LogP contribution is 2.27. The number of carbonyl (C=O) groups excluding carboxylic acids is 1. The Kier molecular flexibility index (Phi) is 8.57. The topological polar surface area (TPSA) is 64.3 Å². The molecule has 1 aromatic carbocycles. The van der Waals surface area contributed by atoms with E-state index in [0.29, 0.717) is 24.9 Å². The third kappa shape index (κ3) is 6.33. The summed E-state index contributed by atoms with van der Waals surface area (Å²) in [4.78, 5) is 12.2. The fraction of sp³-hybridized carbons (Fsp3) is 0.632. The third-order valence-corrected chi connectivity index (χ3v) is 4.51. The largest absolute Gasteiger partial charge is 0.493 e. The second-order valence-electron chi connectivity index (χ2n) is 7.12. The molecule has 1 saturated carbocycles. The molecule has 0 heterocycles. The Bertz CT molecular complexity index is 505. The summed E-state index contributed by atoms with van der Waals surface area (Å²) >= 11 is 0. The fourth-order valence-electron chi connectivity index (χ4n) is 3.06. The van der Waals surface area contributed by atoms with Gasteiger partial charge in [-0.05, 0) is 49.3 Å². The maximum atomic E-state index is 12.2. The quantitative estimate of drug-likeness (QED) is 0.781. The Labute approximate surface area is 151 Å². The summed E-state index contributed by atoms with van der Waals surface area (Å²) in [5, 5.41) is 3.08. The van der Waals surface area contributed by atoms with Crippen molar-refractivity contribution in [3.05, 3.63) is 29.8 Å². The molecule has 2 rings (SSSR count). The lowest BCUT2D eigenvalue weighted by molar-refractivity contribution is -0.122. The van der Waals surface area contributed by atoms with Crippen LogP contribution in [0, 0.1) is 11.8 Å². The second kappa shape index (κ2) is 9.90. The van der Waals surface area contributed by atoms with Crippen LogP contribution in [-0.2, 0) is 4.79 Å². The zero-order valence-corrected chi connectivity index (χ0v) is 15.8. The highest BCUT2D eigenvalue weighted by Gasteiger charge is 2.26. The molecule has 1 aliphatic carbocycles. The molecule has 136 valence electrons. The fourth-order valence-corrected chi connectivity index (χ4v) is 3.06. The molecule has 3 atom stereocenters. The van der Waals surface area contributed by atoms with Crippen LogP contribution in [0.4, 0.5) is 0 Å². The molecule has 24 heavy (non-hydrogen) atoms. The molecule has 1 fully saturated rings. The van der Waals surface area contributed by atoms with Gasteiger partial charge in [-0.15, -0.1) is 12.4 Å². The number of nitrogens with two attached hydrogens (primary N) is 1. The average Bonchev–Trinajstić information content (AvgIpc) is 2.90. The predicted molar refractivity (Wildman–Crippen MR) is 101 cm³/mol. The number of nitrogens with one attached hydrogen (secondary N) is 1. The van der Waals surface area contributed by atoms with E-state index in [1.54, 1.807) is 0 Å². The highest BCUT2D eigenvalue weighted by atomic mass is 35.5. The van der Waals surface area contributed by atoms with Gasteiger partial charge in [-0.3, -0.25) is 4.79 Å². The van der Waals surface area contributed by atoms with Gasteiger partial charge in [0.05, 0.1) is 12.6 Å². The zero-order chi connectivity index (χ0) is 16.8. The van der Waals surface area contributed by atoms with Crippen LogP contribution in [0.3, 0.4) is 0 Å². The molecular weight excluding hydrogens is 324 g/mol. The molecule has 1 unspecified atom stereocenters. The van der Waals surface area contributed by atoms with Crippen molar-refractivity contribution in [2.45, 2.75) is 58.5 Å². The first-order valence-corrected chi connectivity index (χ1v) is 8.73. The van der Waals surface area contributed by atoms with Crippen LogP contribution in [0.25, 0.3) is 0 Å². The summed E-state index contributed by atoms with van der Waals surface area (Å²) in [6.07, 6.45) is 3.81. The zero-order valence-electron chi connectivity index (χ0n) is 15.0. The molecule has 0 radical (unpaired) electrons. The molecule has 0 aliphatic heterocycles. The van der Waals surface area contributed by atoms with Crippen LogP contribution in [0.1, 0.15) is 58.1 Å². The Morgan fingerprint density at radius 3 is 2.46 bits per heavy atom. The summed E-state index contributed by atoms with van der Waals surface area (Å²) in [5.74, 6) is 1.82. The van der Waals surface area contributed by atoms with E-state index in [1.165, 1.54) is 0 Å². The second-order valence-corrected chi connectivity index (χ2v) is 7.12. The first kappa shape index (κ1) is 20.8. The molecule has 1 amide bonds. The molecule has 3 N–H and O–H groups in total. The Morgan fingerprint density at radius 1 is 1.25 bits per heavy atom. The van der Waals surface area contributed by atoms with E-state index >= 15 is 0 Å². The lowest BCUT2D eigenvalue weighted by Gasteiger charge is -2.18. The molecule has 0 aromatic heterocycles. The van der Waals surface area contributed by atoms with Gasteiger partial charge in [-0.25, -0.2) is 0 Å². The van der Waals surface area contributed by atoms with Gasteiger partial charge in [0.2, 0.25) is 5.91 Å². The lowest BCUT2D eigenvalue weighted by atomic mass is 9.99. The summed E-state index contributed by atoms with van der Waals surface area (Å²) in [5.41, 5.74) is 7.13. The Hall–Kier alpha value is -1.26. The van der Waals surface area contributed by atoms with Gasteiger partial charge in [0, 0.05) is 12.5 Å². The number of carbonyl (C=O) groups is 1. The van der Waals surface area contributed by atoms with Crippen molar-refractivity contribution in [1.29, 1.82) is 0 Å². The molecule has 4 nitrogen and oxygen atoms in total. The van der Waals surface area contributed by atoms with Crippen LogP contribution in [0.15, 0.2) is 24.3 Å². The van der Waals surface area contributed by atoms with Crippen molar-refractivity contribution in [3.63, 3.8) is 0 Å². The molecule has 1 aromatic rings. The molecule has 0 spiro atoms. The third-order valence-electron chi connectivity index (χ3n) is 4.51. The first-order chi connectivity index (χ1) is 11.0. The highest BCUT2D eigenvalue weighted by molar-refractivity contribution is 5.85. The maximum absolute atomic E-state index is 12.2. The SMILES string of the molecule is CC(C)COc1ccc(C(C)NC(=O)C[C@@H]2CCC[C@H]2N)cc1.Cl. The molecule has 1 aliphatic rings. The van der Waals surface area contributed by atoms with E-state index in [0.717, 1.165) is 30.6 Å². The molecule has 0 saturated heterocycles. The van der Waals surface area contributed by atoms with Crippen molar-refractivity contribution in [2.24, 2.45) is 17.6 Å². The van der Waals surface area contributed by atoms with E-state index in [-0.39, 0.29) is 30.4 Å². The van der Waals surface area contributed by atoms with Gasteiger partial charge in [0.1, 0.15) is 5.75 Å². The van der Waals surface area contributed by atoms with E-state index in [4.69, 9.17) is 10.5 Å². The minimum atomic E-state index is -0.000670. The van der Waals surface area contributed by atoms with E-state index in [9.17, 15) is 4.79 Å². The minimum absolute atomic E-state index is 0. The van der Waals surface area contributed by atoms with Gasteiger partial charge >= 0.3 is 0 Å². The van der Waals surface area contributed by atoms with Gasteiger partial charge in [0.25, 0.3) is 0 Å². The van der Waals surface area contributed by atoms with Gasteiger partial charge in [0.15, 0.2) is 0 Å². The van der Waals surface area contributed by atoms with Crippen molar-refractivity contribution >= 4 is 18.3 Å². The monoisotopic (exact) mass is 354 g/mol. The standard InChI is InChI=1S/C19H30N2O2.ClH/c1-13(2)12-23-17-9-7-15(8-10-17)14(3)21-19(22)11-16-5-4-6-18(16)20;/h7-10,13-14,16,18H,4-6,11-12,20H2,1-3H3,(H,21,22);1H/t14?,16-,18+;/m0./s1. The van der Waals surface area contributed by atoms with Crippen LogP contribution in [-0.4, -0.2) is 18.6 Å². The molecule has 0 bridgehead atoms. The van der Waals surface area contributed by atoms with E-state index in [1.807, 2.05) is 31.2 Å². The maximum Gasteiger partial charge on any atom is 0.220 e.